The topological polar surface area (TPSA) is 78.9 Å². The van der Waals surface area contributed by atoms with Crippen molar-refractivity contribution in [1.82, 2.24) is 10.2 Å². The largest absolute Gasteiger partial charge is 0.481 e. The highest BCUT2D eigenvalue weighted by Gasteiger charge is 2.35. The molecule has 1 aliphatic carbocycles. The molecule has 4 unspecified atom stereocenters. The highest BCUT2D eigenvalue weighted by atomic mass is 16.5. The number of aliphatic carboxylic acids is 1. The number of carbonyl (C=O) groups excluding carboxylic acids is 1. The first-order valence-corrected chi connectivity index (χ1v) is 6.91. The van der Waals surface area contributed by atoms with Crippen molar-refractivity contribution in [3.8, 4) is 0 Å². The van der Waals surface area contributed by atoms with Gasteiger partial charge in [-0.3, -0.25) is 4.79 Å². The number of carbonyl (C=O) groups is 2. The minimum atomic E-state index is -0.813. The van der Waals surface area contributed by atoms with E-state index in [1.165, 1.54) is 0 Å². The molecule has 2 fully saturated rings. The molecule has 6 nitrogen and oxygen atoms in total. The lowest BCUT2D eigenvalue weighted by Crippen LogP contribution is -2.54. The Bertz CT molecular complexity index is 351. The quantitative estimate of drug-likeness (QED) is 0.786. The molecule has 0 spiro atoms. The lowest BCUT2D eigenvalue weighted by molar-refractivity contribution is -0.142. The van der Waals surface area contributed by atoms with Crippen LogP contribution in [0.2, 0.25) is 0 Å². The molecule has 0 aromatic rings. The summed E-state index contributed by atoms with van der Waals surface area (Å²) in [5.41, 5.74) is 0. The second-order valence-corrected chi connectivity index (χ2v) is 5.59. The maximum absolute atomic E-state index is 12.2. The van der Waals surface area contributed by atoms with Crippen LogP contribution in [-0.4, -0.2) is 53.3 Å². The van der Waals surface area contributed by atoms with E-state index in [0.29, 0.717) is 19.5 Å². The summed E-state index contributed by atoms with van der Waals surface area (Å²) in [6, 6.07) is -0.404. The van der Waals surface area contributed by atoms with Crippen LogP contribution in [0.1, 0.15) is 33.1 Å². The van der Waals surface area contributed by atoms with Crippen LogP contribution in [0.25, 0.3) is 0 Å². The number of hydrogen-bond donors (Lipinski definition) is 2. The molecule has 2 aliphatic rings. The van der Waals surface area contributed by atoms with Crippen molar-refractivity contribution in [2.45, 2.75) is 51.4 Å². The number of nitrogens with zero attached hydrogens (tertiary/aromatic N) is 1. The van der Waals surface area contributed by atoms with Crippen molar-refractivity contribution in [3.63, 3.8) is 0 Å². The third kappa shape index (κ3) is 3.37. The molecule has 2 N–H and O–H groups in total. The fourth-order valence-electron chi connectivity index (χ4n) is 3.02. The van der Waals surface area contributed by atoms with Gasteiger partial charge in [-0.25, -0.2) is 4.79 Å². The predicted molar refractivity (Wildman–Crippen MR) is 68.9 cm³/mol. The summed E-state index contributed by atoms with van der Waals surface area (Å²) in [6.07, 6.45) is 2.30. The summed E-state index contributed by atoms with van der Waals surface area (Å²) in [7, 11) is 0. The minimum absolute atomic E-state index is 0.0216. The van der Waals surface area contributed by atoms with Gasteiger partial charge in [0.15, 0.2) is 0 Å². The maximum Gasteiger partial charge on any atom is 0.317 e. The molecule has 0 aromatic heterocycles. The fourth-order valence-corrected chi connectivity index (χ4v) is 3.02. The van der Waals surface area contributed by atoms with Gasteiger partial charge in [0.05, 0.1) is 18.1 Å². The molecule has 0 bridgehead atoms. The van der Waals surface area contributed by atoms with Gasteiger partial charge < -0.3 is 20.1 Å². The van der Waals surface area contributed by atoms with Crippen molar-refractivity contribution in [3.05, 3.63) is 0 Å². The number of hydrogen-bond acceptors (Lipinski definition) is 3. The molecule has 4 atom stereocenters. The SMILES string of the molecule is CC1CN(C(=O)NC2CCCC2C(=O)O)CC(C)O1. The van der Waals surface area contributed by atoms with Gasteiger partial charge in [-0.2, -0.15) is 0 Å². The molecule has 1 saturated carbocycles. The summed E-state index contributed by atoms with van der Waals surface area (Å²) in [5, 5.41) is 12.0. The van der Waals surface area contributed by atoms with Gasteiger partial charge in [-0.15, -0.1) is 0 Å². The Morgan fingerprint density at radius 3 is 2.42 bits per heavy atom. The summed E-state index contributed by atoms with van der Waals surface area (Å²) < 4.78 is 5.58. The van der Waals surface area contributed by atoms with Crippen molar-refractivity contribution in [2.75, 3.05) is 13.1 Å². The average molecular weight is 270 g/mol. The zero-order valence-corrected chi connectivity index (χ0v) is 11.5. The zero-order chi connectivity index (χ0) is 14.0. The molecule has 0 radical (unpaired) electrons. The summed E-state index contributed by atoms with van der Waals surface area (Å²) in [4.78, 5) is 25.0. The molecule has 108 valence electrons. The highest BCUT2D eigenvalue weighted by molar-refractivity contribution is 5.77. The van der Waals surface area contributed by atoms with Gasteiger partial charge in [0.1, 0.15) is 0 Å². The van der Waals surface area contributed by atoms with Gasteiger partial charge in [-0.1, -0.05) is 6.42 Å². The summed E-state index contributed by atoms with van der Waals surface area (Å²) >= 11 is 0. The number of ether oxygens (including phenoxy) is 1. The third-order valence-electron chi connectivity index (χ3n) is 3.85. The fraction of sp³-hybridized carbons (Fsp3) is 0.846. The smallest absolute Gasteiger partial charge is 0.317 e. The van der Waals surface area contributed by atoms with Crippen LogP contribution < -0.4 is 5.32 Å². The van der Waals surface area contributed by atoms with Gasteiger partial charge >= 0.3 is 12.0 Å². The van der Waals surface area contributed by atoms with E-state index in [1.54, 1.807) is 4.90 Å². The van der Waals surface area contributed by atoms with Gasteiger partial charge in [0.2, 0.25) is 0 Å². The molecule has 6 heteroatoms. The summed E-state index contributed by atoms with van der Waals surface area (Å²) in [5.74, 6) is -1.26. The van der Waals surface area contributed by atoms with Crippen LogP contribution in [0.4, 0.5) is 4.79 Å². The number of carboxylic acids is 1. The zero-order valence-electron chi connectivity index (χ0n) is 11.5. The Kier molecular flexibility index (Phi) is 4.29. The Hall–Kier alpha value is -1.30. The van der Waals surface area contributed by atoms with Gasteiger partial charge in [-0.05, 0) is 26.7 Å². The molecule has 19 heavy (non-hydrogen) atoms. The minimum Gasteiger partial charge on any atom is -0.481 e. The van der Waals surface area contributed by atoms with Crippen molar-refractivity contribution in [1.29, 1.82) is 0 Å². The first kappa shape index (κ1) is 14.1. The van der Waals surface area contributed by atoms with Crippen LogP contribution in [0.15, 0.2) is 0 Å². The molecule has 2 amide bonds. The number of rotatable bonds is 2. The predicted octanol–water partition coefficient (Wildman–Crippen LogP) is 1.06. The number of nitrogens with one attached hydrogen (secondary N) is 1. The summed E-state index contributed by atoms with van der Waals surface area (Å²) in [6.45, 7) is 4.98. The van der Waals surface area contributed by atoms with Crippen LogP contribution in [0, 0.1) is 5.92 Å². The van der Waals surface area contributed by atoms with E-state index in [-0.39, 0.29) is 24.3 Å². The van der Waals surface area contributed by atoms with Gasteiger partial charge in [0.25, 0.3) is 0 Å². The first-order chi connectivity index (χ1) is 8.97. The van der Waals surface area contributed by atoms with E-state index in [0.717, 1.165) is 12.8 Å². The second kappa shape index (κ2) is 5.77. The monoisotopic (exact) mass is 270 g/mol. The van der Waals surface area contributed by atoms with E-state index < -0.39 is 11.9 Å². The first-order valence-electron chi connectivity index (χ1n) is 6.91. The van der Waals surface area contributed by atoms with Crippen LogP contribution in [-0.2, 0) is 9.53 Å². The third-order valence-corrected chi connectivity index (χ3v) is 3.85. The molecule has 2 rings (SSSR count). The van der Waals surface area contributed by atoms with E-state index in [4.69, 9.17) is 9.84 Å². The maximum atomic E-state index is 12.2. The lowest BCUT2D eigenvalue weighted by atomic mass is 10.0. The molecular weight excluding hydrogens is 248 g/mol. The van der Waals surface area contributed by atoms with E-state index in [1.807, 2.05) is 13.8 Å². The molecule has 1 aliphatic heterocycles. The van der Waals surface area contributed by atoms with Gasteiger partial charge in [0, 0.05) is 19.1 Å². The standard InChI is InChI=1S/C13H22N2O4/c1-8-6-15(7-9(2)19-8)13(18)14-11-5-3-4-10(11)12(16)17/h8-11H,3-7H2,1-2H3,(H,14,18)(H,16,17). The number of carboxylic acid groups (broad SMARTS) is 1. The normalized spacial score (nSPS) is 35.2. The van der Waals surface area contributed by atoms with E-state index in [9.17, 15) is 9.59 Å². The Balaban J connectivity index is 1.91. The lowest BCUT2D eigenvalue weighted by Gasteiger charge is -2.36. The van der Waals surface area contributed by atoms with E-state index >= 15 is 0 Å². The number of morpholine rings is 1. The van der Waals surface area contributed by atoms with Crippen molar-refractivity contribution >= 4 is 12.0 Å². The Morgan fingerprint density at radius 2 is 1.84 bits per heavy atom. The molecular formula is C13H22N2O4. The van der Waals surface area contributed by atoms with Crippen molar-refractivity contribution in [2.24, 2.45) is 5.92 Å². The second-order valence-electron chi connectivity index (χ2n) is 5.59. The molecule has 0 aromatic carbocycles. The van der Waals surface area contributed by atoms with Crippen LogP contribution in [0.3, 0.4) is 0 Å². The van der Waals surface area contributed by atoms with Crippen LogP contribution >= 0.6 is 0 Å². The van der Waals surface area contributed by atoms with E-state index in [2.05, 4.69) is 5.32 Å². The van der Waals surface area contributed by atoms with Crippen LogP contribution in [0.5, 0.6) is 0 Å². The Labute approximate surface area is 113 Å². The Morgan fingerprint density at radius 1 is 1.21 bits per heavy atom. The molecule has 1 heterocycles. The number of urea groups is 1. The molecule has 1 saturated heterocycles. The number of amides is 2. The van der Waals surface area contributed by atoms with Crippen molar-refractivity contribution < 1.29 is 19.4 Å². The average Bonchev–Trinajstić information content (AvgIpc) is 2.75. The highest BCUT2D eigenvalue weighted by Crippen LogP contribution is 2.26.